The van der Waals surface area contributed by atoms with E-state index in [1.54, 1.807) is 0 Å². The Kier molecular flexibility index (Phi) is 9.52. The Hall–Kier alpha value is -4.28. The quantitative estimate of drug-likeness (QED) is 0.196. The van der Waals surface area contributed by atoms with Gasteiger partial charge in [0.25, 0.3) is 5.91 Å². The molecular weight excluding hydrogens is 612 g/mol. The predicted molar refractivity (Wildman–Crippen MR) is 151 cm³/mol. The fourth-order valence-corrected chi connectivity index (χ4v) is 5.37. The number of nitrogens with zero attached hydrogens (tertiary/aromatic N) is 4. The highest BCUT2D eigenvalue weighted by Gasteiger charge is 2.31. The summed E-state index contributed by atoms with van der Waals surface area (Å²) in [6, 6.07) is 14.7. The van der Waals surface area contributed by atoms with E-state index in [0.29, 0.717) is 5.69 Å². The van der Waals surface area contributed by atoms with Crippen LogP contribution in [0.25, 0.3) is 5.69 Å². The van der Waals surface area contributed by atoms with Crippen molar-refractivity contribution in [1.29, 1.82) is 0 Å². The van der Waals surface area contributed by atoms with Gasteiger partial charge in [0.05, 0.1) is 28.4 Å². The molecule has 0 atom stereocenters. The molecule has 0 radical (unpaired) electrons. The molecule has 4 rings (SSSR count). The zero-order valence-electron chi connectivity index (χ0n) is 22.6. The van der Waals surface area contributed by atoms with Crippen molar-refractivity contribution in [2.45, 2.75) is 22.8 Å². The lowest BCUT2D eigenvalue weighted by molar-refractivity contribution is -0.137. The van der Waals surface area contributed by atoms with Gasteiger partial charge in [-0.15, -0.1) is 10.2 Å². The fourth-order valence-electron chi connectivity index (χ4n) is 3.70. The maximum atomic E-state index is 13.5. The van der Waals surface area contributed by atoms with E-state index >= 15 is 0 Å². The summed E-state index contributed by atoms with van der Waals surface area (Å²) in [6.45, 7) is -0.262. The van der Waals surface area contributed by atoms with Crippen LogP contribution >= 0.6 is 11.8 Å². The Balaban J connectivity index is 1.55. The third kappa shape index (κ3) is 7.77. The van der Waals surface area contributed by atoms with Gasteiger partial charge in [0.15, 0.2) is 11.0 Å². The number of nitrogens with one attached hydrogen (secondary N) is 2. The molecule has 0 unspecified atom stereocenters. The van der Waals surface area contributed by atoms with Crippen LogP contribution in [0.4, 0.5) is 23.2 Å². The Morgan fingerprint density at radius 1 is 0.977 bits per heavy atom. The highest BCUT2D eigenvalue weighted by atomic mass is 32.2. The van der Waals surface area contributed by atoms with Gasteiger partial charge in [-0.1, -0.05) is 17.8 Å². The number of aromatic nitrogens is 3. The summed E-state index contributed by atoms with van der Waals surface area (Å²) in [5.41, 5.74) is -0.396. The van der Waals surface area contributed by atoms with E-state index in [1.165, 1.54) is 79.3 Å². The van der Waals surface area contributed by atoms with Crippen LogP contribution in [0.2, 0.25) is 0 Å². The molecule has 3 aromatic carbocycles. The first kappa shape index (κ1) is 31.7. The molecule has 10 nitrogen and oxygen atoms in total. The molecule has 0 saturated heterocycles. The molecule has 2 amide bonds. The highest BCUT2D eigenvalue weighted by molar-refractivity contribution is 7.99. The van der Waals surface area contributed by atoms with Gasteiger partial charge in [-0.3, -0.25) is 14.2 Å². The second kappa shape index (κ2) is 12.9. The van der Waals surface area contributed by atoms with E-state index in [9.17, 15) is 35.6 Å². The van der Waals surface area contributed by atoms with Gasteiger partial charge in [-0.05, 0) is 66.7 Å². The second-order valence-corrected chi connectivity index (χ2v) is 12.2. The zero-order chi connectivity index (χ0) is 31.4. The number of hydrogen-bond donors (Lipinski definition) is 2. The summed E-state index contributed by atoms with van der Waals surface area (Å²) in [4.78, 5) is 25.3. The first-order valence-electron chi connectivity index (χ1n) is 12.4. The molecule has 16 heteroatoms. The summed E-state index contributed by atoms with van der Waals surface area (Å²) < 4.78 is 80.4. The predicted octanol–water partition coefficient (Wildman–Crippen LogP) is 4.34. The van der Waals surface area contributed by atoms with E-state index in [0.717, 1.165) is 28.2 Å². The van der Waals surface area contributed by atoms with Crippen molar-refractivity contribution < 1.29 is 35.6 Å². The van der Waals surface area contributed by atoms with Crippen LogP contribution in [-0.2, 0) is 27.5 Å². The number of carbonyl (C=O) groups excluding carboxylic acids is 2. The molecule has 0 aliphatic carbocycles. The molecule has 226 valence electrons. The van der Waals surface area contributed by atoms with Crippen molar-refractivity contribution in [3.8, 4) is 5.69 Å². The van der Waals surface area contributed by atoms with Gasteiger partial charge in [0.1, 0.15) is 5.82 Å². The van der Waals surface area contributed by atoms with Crippen molar-refractivity contribution in [3.63, 3.8) is 0 Å². The molecule has 0 spiro atoms. The van der Waals surface area contributed by atoms with Gasteiger partial charge in [-0.2, -0.15) is 13.2 Å². The lowest BCUT2D eigenvalue weighted by Gasteiger charge is -2.14. The van der Waals surface area contributed by atoms with Crippen LogP contribution in [0.5, 0.6) is 0 Å². The number of rotatable bonds is 10. The van der Waals surface area contributed by atoms with Crippen LogP contribution in [0, 0.1) is 5.82 Å². The monoisotopic (exact) mass is 636 g/mol. The van der Waals surface area contributed by atoms with Crippen molar-refractivity contribution >= 4 is 39.3 Å². The number of anilines is 1. The third-order valence-corrected chi connectivity index (χ3v) is 8.65. The summed E-state index contributed by atoms with van der Waals surface area (Å²) >= 11 is 0.892. The topological polar surface area (TPSA) is 126 Å². The van der Waals surface area contributed by atoms with Crippen LogP contribution in [0.3, 0.4) is 0 Å². The molecule has 43 heavy (non-hydrogen) atoms. The Morgan fingerprint density at radius 3 is 2.28 bits per heavy atom. The summed E-state index contributed by atoms with van der Waals surface area (Å²) in [5, 5.41) is 13.3. The van der Waals surface area contributed by atoms with E-state index in [4.69, 9.17) is 0 Å². The smallest absolute Gasteiger partial charge is 0.345 e. The normalized spacial score (nSPS) is 11.9. The minimum atomic E-state index is -4.63. The number of halogens is 4. The van der Waals surface area contributed by atoms with Gasteiger partial charge in [0.2, 0.25) is 15.9 Å². The van der Waals surface area contributed by atoms with Crippen LogP contribution in [0.15, 0.2) is 82.8 Å². The first-order chi connectivity index (χ1) is 20.3. The molecule has 0 saturated carbocycles. The SMILES string of the molecule is CN(C)S(=O)(=O)c1ccc(C(=O)NCc2nnc(SCC(=O)Nc3ccc(F)cc3)n2-c2cccc(C(F)(F)F)c2)cc1. The summed E-state index contributed by atoms with van der Waals surface area (Å²) in [7, 11) is -0.947. The molecule has 0 aliphatic heterocycles. The van der Waals surface area contributed by atoms with E-state index < -0.39 is 39.4 Å². The number of sulfonamides is 1. The van der Waals surface area contributed by atoms with Crippen molar-refractivity contribution in [2.75, 3.05) is 25.2 Å². The largest absolute Gasteiger partial charge is 0.416 e. The van der Waals surface area contributed by atoms with Crippen LogP contribution in [0.1, 0.15) is 21.7 Å². The molecule has 0 bridgehead atoms. The van der Waals surface area contributed by atoms with Crippen LogP contribution in [-0.4, -0.2) is 59.2 Å². The highest BCUT2D eigenvalue weighted by Crippen LogP contribution is 2.32. The lowest BCUT2D eigenvalue weighted by atomic mass is 10.2. The van der Waals surface area contributed by atoms with Crippen LogP contribution < -0.4 is 10.6 Å². The van der Waals surface area contributed by atoms with Gasteiger partial charge < -0.3 is 10.6 Å². The standard InChI is InChI=1S/C27H24F4N6O4S2/c1-36(2)43(40,41)22-12-6-17(7-13-22)25(39)32-15-23-34-35-26(37(23)21-5-3-4-18(14-21)27(29,30)31)42-16-24(38)33-20-10-8-19(28)9-11-20/h3-14H,15-16H2,1-2H3,(H,32,39)(H,33,38). The third-order valence-electron chi connectivity index (χ3n) is 5.89. The number of carbonyl (C=O) groups is 2. The lowest BCUT2D eigenvalue weighted by Crippen LogP contribution is -2.25. The van der Waals surface area contributed by atoms with Gasteiger partial charge in [0, 0.05) is 25.3 Å². The Morgan fingerprint density at radius 2 is 1.65 bits per heavy atom. The number of amides is 2. The van der Waals surface area contributed by atoms with Crippen molar-refractivity contribution in [1.82, 2.24) is 24.4 Å². The average Bonchev–Trinajstić information content (AvgIpc) is 3.38. The Labute approximate surface area is 248 Å². The number of benzene rings is 3. The average molecular weight is 637 g/mol. The molecular formula is C27H24F4N6O4S2. The number of hydrogen-bond acceptors (Lipinski definition) is 7. The van der Waals surface area contributed by atoms with E-state index in [2.05, 4.69) is 20.8 Å². The van der Waals surface area contributed by atoms with Crippen molar-refractivity contribution in [3.05, 3.63) is 95.6 Å². The first-order valence-corrected chi connectivity index (χ1v) is 14.8. The molecule has 0 aliphatic rings. The van der Waals surface area contributed by atoms with E-state index in [1.807, 2.05) is 0 Å². The maximum absolute atomic E-state index is 13.5. The summed E-state index contributed by atoms with van der Waals surface area (Å²) in [5.74, 6) is -1.69. The molecule has 1 aromatic heterocycles. The van der Waals surface area contributed by atoms with Crippen molar-refractivity contribution in [2.24, 2.45) is 0 Å². The summed E-state index contributed by atoms with van der Waals surface area (Å²) in [6.07, 6.45) is -4.63. The molecule has 2 N–H and O–H groups in total. The molecule has 0 fully saturated rings. The minimum Gasteiger partial charge on any atom is -0.345 e. The molecule has 1 heterocycles. The van der Waals surface area contributed by atoms with E-state index in [-0.39, 0.29) is 39.4 Å². The Bertz CT molecular complexity index is 1730. The maximum Gasteiger partial charge on any atom is 0.416 e. The number of alkyl halides is 3. The zero-order valence-corrected chi connectivity index (χ0v) is 24.2. The minimum absolute atomic E-state index is 0.0107. The fraction of sp³-hybridized carbons (Fsp3) is 0.185. The van der Waals surface area contributed by atoms with Gasteiger partial charge in [-0.25, -0.2) is 17.1 Å². The second-order valence-electron chi connectivity index (χ2n) is 9.12. The number of thioether (sulfide) groups is 1. The molecule has 4 aromatic rings. The van der Waals surface area contributed by atoms with Gasteiger partial charge >= 0.3 is 6.18 Å².